The van der Waals surface area contributed by atoms with Crippen LogP contribution in [0.15, 0.2) is 47.6 Å². The van der Waals surface area contributed by atoms with Gasteiger partial charge in [-0.05, 0) is 50.6 Å². The Bertz CT molecular complexity index is 777. The number of aryl methyl sites for hydroxylation is 2. The first kappa shape index (κ1) is 16.4. The molecule has 3 N–H and O–H groups in total. The van der Waals surface area contributed by atoms with Gasteiger partial charge in [-0.2, -0.15) is 5.10 Å². The van der Waals surface area contributed by atoms with Crippen LogP contribution in [0.4, 0.5) is 0 Å². The molecule has 2 rings (SSSR count). The summed E-state index contributed by atoms with van der Waals surface area (Å²) >= 11 is 0. The number of carbonyl (C=O) groups is 2. The molecule has 0 saturated carbocycles. The number of hydrogen-bond acceptors (Lipinski definition) is 3. The lowest BCUT2D eigenvalue weighted by molar-refractivity contribution is 0.0952. The van der Waals surface area contributed by atoms with Crippen LogP contribution >= 0.6 is 0 Å². The standard InChI is InChI=1S/C18H19N3O2/c1-11-4-9-16(12(2)10-11)13(3)20-21-18(23)15-7-5-14(6-8-15)17(19)22/h4-10H,1-3H3,(H2,19,22)(H,21,23)/b20-13+. The molecule has 5 heteroatoms. The first-order valence-corrected chi connectivity index (χ1v) is 7.20. The van der Waals surface area contributed by atoms with Gasteiger partial charge in [-0.15, -0.1) is 0 Å². The molecule has 0 atom stereocenters. The summed E-state index contributed by atoms with van der Waals surface area (Å²) in [6.07, 6.45) is 0. The van der Waals surface area contributed by atoms with Gasteiger partial charge < -0.3 is 5.73 Å². The van der Waals surface area contributed by atoms with Gasteiger partial charge in [-0.3, -0.25) is 9.59 Å². The van der Waals surface area contributed by atoms with Crippen LogP contribution in [-0.4, -0.2) is 17.5 Å². The van der Waals surface area contributed by atoms with E-state index in [1.54, 1.807) is 0 Å². The second-order valence-corrected chi connectivity index (χ2v) is 5.40. The van der Waals surface area contributed by atoms with Crippen LogP contribution in [0.5, 0.6) is 0 Å². The molecule has 23 heavy (non-hydrogen) atoms. The van der Waals surface area contributed by atoms with E-state index < -0.39 is 5.91 Å². The van der Waals surface area contributed by atoms with Crippen LogP contribution in [0.25, 0.3) is 0 Å². The molecule has 0 spiro atoms. The predicted octanol–water partition coefficient (Wildman–Crippen LogP) is 2.56. The molecular weight excluding hydrogens is 290 g/mol. The minimum Gasteiger partial charge on any atom is -0.366 e. The van der Waals surface area contributed by atoms with Crippen molar-refractivity contribution in [2.45, 2.75) is 20.8 Å². The fourth-order valence-electron chi connectivity index (χ4n) is 2.26. The van der Waals surface area contributed by atoms with E-state index in [4.69, 9.17) is 5.73 Å². The highest BCUT2D eigenvalue weighted by molar-refractivity contribution is 6.02. The lowest BCUT2D eigenvalue weighted by Gasteiger charge is -2.07. The number of nitrogens with two attached hydrogens (primary N) is 1. The monoisotopic (exact) mass is 309 g/mol. The summed E-state index contributed by atoms with van der Waals surface area (Å²) in [5.41, 5.74) is 12.4. The second kappa shape index (κ2) is 6.87. The third-order valence-electron chi connectivity index (χ3n) is 3.53. The first-order chi connectivity index (χ1) is 10.9. The zero-order valence-corrected chi connectivity index (χ0v) is 13.4. The van der Waals surface area contributed by atoms with Gasteiger partial charge in [-0.1, -0.05) is 23.8 Å². The third kappa shape index (κ3) is 4.03. The Morgan fingerprint density at radius 2 is 1.61 bits per heavy atom. The van der Waals surface area contributed by atoms with Gasteiger partial charge in [-0.25, -0.2) is 5.43 Å². The molecule has 0 aliphatic rings. The van der Waals surface area contributed by atoms with Crippen LogP contribution in [0.3, 0.4) is 0 Å². The smallest absolute Gasteiger partial charge is 0.271 e. The number of carbonyl (C=O) groups excluding carboxylic acids is 2. The molecule has 2 aromatic carbocycles. The van der Waals surface area contributed by atoms with E-state index in [-0.39, 0.29) is 5.91 Å². The van der Waals surface area contributed by atoms with Crippen molar-refractivity contribution >= 4 is 17.5 Å². The SMILES string of the molecule is C/C(=N\NC(=O)c1ccc(C(N)=O)cc1)c1ccc(C)cc1C. The Kier molecular flexibility index (Phi) is 4.91. The van der Waals surface area contributed by atoms with Crippen molar-refractivity contribution in [2.24, 2.45) is 10.8 Å². The van der Waals surface area contributed by atoms with Crippen LogP contribution < -0.4 is 11.2 Å². The van der Waals surface area contributed by atoms with E-state index in [0.717, 1.165) is 16.8 Å². The number of nitrogens with one attached hydrogen (secondary N) is 1. The summed E-state index contributed by atoms with van der Waals surface area (Å²) in [4.78, 5) is 23.1. The molecule has 2 amide bonds. The maximum Gasteiger partial charge on any atom is 0.271 e. The van der Waals surface area contributed by atoms with E-state index >= 15 is 0 Å². The highest BCUT2D eigenvalue weighted by Gasteiger charge is 2.07. The van der Waals surface area contributed by atoms with Gasteiger partial charge in [0.15, 0.2) is 0 Å². The van der Waals surface area contributed by atoms with Gasteiger partial charge in [0.2, 0.25) is 5.91 Å². The van der Waals surface area contributed by atoms with E-state index in [2.05, 4.69) is 16.6 Å². The molecule has 2 aromatic rings. The third-order valence-corrected chi connectivity index (χ3v) is 3.53. The molecule has 0 saturated heterocycles. The zero-order chi connectivity index (χ0) is 17.0. The van der Waals surface area contributed by atoms with Crippen molar-refractivity contribution in [1.82, 2.24) is 5.43 Å². The van der Waals surface area contributed by atoms with E-state index in [0.29, 0.717) is 11.1 Å². The topological polar surface area (TPSA) is 84.6 Å². The van der Waals surface area contributed by atoms with E-state index in [1.165, 1.54) is 29.8 Å². The normalized spacial score (nSPS) is 11.2. The van der Waals surface area contributed by atoms with Crippen molar-refractivity contribution in [3.63, 3.8) is 0 Å². The largest absolute Gasteiger partial charge is 0.366 e. The molecule has 0 unspecified atom stereocenters. The lowest BCUT2D eigenvalue weighted by atomic mass is 10.0. The van der Waals surface area contributed by atoms with Gasteiger partial charge in [0, 0.05) is 16.7 Å². The van der Waals surface area contributed by atoms with Crippen molar-refractivity contribution in [1.29, 1.82) is 0 Å². The summed E-state index contributed by atoms with van der Waals surface area (Å²) in [5.74, 6) is -0.870. The van der Waals surface area contributed by atoms with E-state index in [9.17, 15) is 9.59 Å². The Hall–Kier alpha value is -2.95. The summed E-state index contributed by atoms with van der Waals surface area (Å²) < 4.78 is 0. The molecule has 0 aromatic heterocycles. The molecule has 0 fully saturated rings. The van der Waals surface area contributed by atoms with Gasteiger partial charge in [0.25, 0.3) is 5.91 Å². The lowest BCUT2D eigenvalue weighted by Crippen LogP contribution is -2.20. The van der Waals surface area contributed by atoms with Crippen molar-refractivity contribution in [3.05, 3.63) is 70.3 Å². The van der Waals surface area contributed by atoms with Crippen LogP contribution in [-0.2, 0) is 0 Å². The minimum absolute atomic E-state index is 0.342. The molecule has 118 valence electrons. The van der Waals surface area contributed by atoms with Crippen molar-refractivity contribution in [3.8, 4) is 0 Å². The Labute approximate surface area is 135 Å². The van der Waals surface area contributed by atoms with Crippen LogP contribution in [0.2, 0.25) is 0 Å². The molecule has 0 heterocycles. The summed E-state index contributed by atoms with van der Waals surface area (Å²) in [6.45, 7) is 5.88. The maximum atomic E-state index is 12.1. The second-order valence-electron chi connectivity index (χ2n) is 5.40. The predicted molar refractivity (Wildman–Crippen MR) is 90.6 cm³/mol. The van der Waals surface area contributed by atoms with Crippen molar-refractivity contribution < 1.29 is 9.59 Å². The maximum absolute atomic E-state index is 12.1. The molecule has 0 radical (unpaired) electrons. The zero-order valence-electron chi connectivity index (χ0n) is 13.4. The highest BCUT2D eigenvalue weighted by atomic mass is 16.2. The summed E-state index contributed by atoms with van der Waals surface area (Å²) in [5, 5.41) is 4.14. The number of amides is 2. The Morgan fingerprint density at radius 1 is 1.00 bits per heavy atom. The number of nitrogens with zero attached hydrogens (tertiary/aromatic N) is 1. The molecule has 5 nitrogen and oxygen atoms in total. The van der Waals surface area contributed by atoms with Crippen LogP contribution in [0.1, 0.15) is 44.3 Å². The number of hydrazone groups is 1. The summed E-state index contributed by atoms with van der Waals surface area (Å²) in [6, 6.07) is 12.2. The van der Waals surface area contributed by atoms with Gasteiger partial charge in [0.05, 0.1) is 5.71 Å². The first-order valence-electron chi connectivity index (χ1n) is 7.20. The average molecular weight is 309 g/mol. The number of benzene rings is 2. The molecule has 0 aliphatic carbocycles. The average Bonchev–Trinajstić information content (AvgIpc) is 2.52. The molecule has 0 aliphatic heterocycles. The van der Waals surface area contributed by atoms with Crippen molar-refractivity contribution in [2.75, 3.05) is 0 Å². The number of hydrogen-bond donors (Lipinski definition) is 2. The fourth-order valence-corrected chi connectivity index (χ4v) is 2.26. The fraction of sp³-hybridized carbons (Fsp3) is 0.167. The minimum atomic E-state index is -0.527. The molecule has 0 bridgehead atoms. The van der Waals surface area contributed by atoms with Crippen LogP contribution in [0, 0.1) is 13.8 Å². The Morgan fingerprint density at radius 3 is 2.17 bits per heavy atom. The number of rotatable bonds is 4. The van der Waals surface area contributed by atoms with E-state index in [1.807, 2.05) is 32.9 Å². The summed E-state index contributed by atoms with van der Waals surface area (Å²) in [7, 11) is 0. The Balaban J connectivity index is 2.12. The van der Waals surface area contributed by atoms with Gasteiger partial charge in [0.1, 0.15) is 0 Å². The number of primary amides is 1. The quantitative estimate of drug-likeness (QED) is 0.672. The highest BCUT2D eigenvalue weighted by Crippen LogP contribution is 2.11. The van der Waals surface area contributed by atoms with Gasteiger partial charge >= 0.3 is 0 Å². The molecular formula is C18H19N3O2.